The first-order valence-corrected chi connectivity index (χ1v) is 10.5. The number of benzene rings is 2. The van der Waals surface area contributed by atoms with E-state index in [1.165, 1.54) is 0 Å². The third-order valence-electron chi connectivity index (χ3n) is 6.15. The molecule has 3 aliphatic heterocycles. The monoisotopic (exact) mass is 420 g/mol. The number of nitrogens with zero attached hydrogens (tertiary/aromatic N) is 2. The van der Waals surface area contributed by atoms with Gasteiger partial charge in [-0.1, -0.05) is 18.2 Å². The fraction of sp³-hybridized carbons (Fsp3) is 0.348. The summed E-state index contributed by atoms with van der Waals surface area (Å²) in [6, 6.07) is 11.1. The van der Waals surface area contributed by atoms with Crippen LogP contribution in [0.1, 0.15) is 39.9 Å². The Hall–Kier alpha value is -3.39. The largest absolute Gasteiger partial charge is 0.492 e. The van der Waals surface area contributed by atoms with Crippen LogP contribution in [0.5, 0.6) is 5.75 Å². The van der Waals surface area contributed by atoms with Gasteiger partial charge in [0.15, 0.2) is 0 Å². The summed E-state index contributed by atoms with van der Waals surface area (Å²) in [7, 11) is 0. The molecule has 0 radical (unpaired) electrons. The number of nitrogen functional groups attached to an aromatic ring is 1. The van der Waals surface area contributed by atoms with Crippen molar-refractivity contribution in [3.63, 3.8) is 0 Å². The molecule has 8 heteroatoms. The highest BCUT2D eigenvalue weighted by Gasteiger charge is 2.39. The van der Waals surface area contributed by atoms with Crippen molar-refractivity contribution < 1.29 is 19.1 Å². The van der Waals surface area contributed by atoms with E-state index in [-0.39, 0.29) is 24.1 Å². The van der Waals surface area contributed by atoms with Gasteiger partial charge in [-0.05, 0) is 29.7 Å². The minimum absolute atomic E-state index is 0.147. The summed E-state index contributed by atoms with van der Waals surface area (Å²) in [5, 5.41) is 2.34. The van der Waals surface area contributed by atoms with Crippen molar-refractivity contribution >= 4 is 23.4 Å². The molecule has 0 bridgehead atoms. The molecule has 2 aromatic carbocycles. The molecule has 5 rings (SSSR count). The van der Waals surface area contributed by atoms with Gasteiger partial charge in [0.05, 0.1) is 0 Å². The van der Waals surface area contributed by atoms with Crippen molar-refractivity contribution in [1.29, 1.82) is 0 Å². The van der Waals surface area contributed by atoms with Crippen LogP contribution in [-0.4, -0.2) is 46.7 Å². The number of anilines is 1. The first-order chi connectivity index (χ1) is 15.0. The fourth-order valence-corrected chi connectivity index (χ4v) is 4.53. The summed E-state index contributed by atoms with van der Waals surface area (Å²) in [6.07, 6.45) is 0.626. The molecule has 0 saturated carbocycles. The lowest BCUT2D eigenvalue weighted by atomic mass is 10.0. The average molecular weight is 420 g/mol. The van der Waals surface area contributed by atoms with Gasteiger partial charge in [-0.25, -0.2) is 0 Å². The van der Waals surface area contributed by atoms with Gasteiger partial charge in [0.2, 0.25) is 11.8 Å². The maximum absolute atomic E-state index is 13.0. The van der Waals surface area contributed by atoms with Crippen molar-refractivity contribution in [2.75, 3.05) is 18.9 Å². The Morgan fingerprint density at radius 3 is 2.74 bits per heavy atom. The van der Waals surface area contributed by atoms with Gasteiger partial charge in [0.25, 0.3) is 5.91 Å². The third-order valence-corrected chi connectivity index (χ3v) is 6.15. The summed E-state index contributed by atoms with van der Waals surface area (Å²) in [5.41, 5.74) is 10.2. The highest BCUT2D eigenvalue weighted by Crippen LogP contribution is 2.30. The predicted octanol–water partition coefficient (Wildman–Crippen LogP) is 1.42. The van der Waals surface area contributed by atoms with E-state index in [9.17, 15) is 14.4 Å². The normalized spacial score (nSPS) is 21.2. The molecule has 31 heavy (non-hydrogen) atoms. The molecule has 3 amide bonds. The van der Waals surface area contributed by atoms with Gasteiger partial charge >= 0.3 is 0 Å². The van der Waals surface area contributed by atoms with Crippen molar-refractivity contribution in [1.82, 2.24) is 15.1 Å². The number of carbonyl (C=O) groups is 3. The van der Waals surface area contributed by atoms with Gasteiger partial charge in [-0.15, -0.1) is 0 Å². The molecule has 0 aromatic heterocycles. The van der Waals surface area contributed by atoms with Crippen LogP contribution in [0.25, 0.3) is 0 Å². The molecule has 1 atom stereocenters. The second-order valence-electron chi connectivity index (χ2n) is 8.32. The van der Waals surface area contributed by atoms with Crippen LogP contribution in [0.3, 0.4) is 0 Å². The van der Waals surface area contributed by atoms with E-state index in [0.717, 1.165) is 35.5 Å². The maximum Gasteiger partial charge on any atom is 0.255 e. The van der Waals surface area contributed by atoms with Gasteiger partial charge in [0.1, 0.15) is 18.4 Å². The zero-order chi connectivity index (χ0) is 21.5. The molecule has 3 N–H and O–H groups in total. The molecule has 8 nitrogen and oxygen atoms in total. The summed E-state index contributed by atoms with van der Waals surface area (Å²) < 4.78 is 5.84. The first kappa shape index (κ1) is 19.6. The van der Waals surface area contributed by atoms with Crippen molar-refractivity contribution in [3.05, 3.63) is 58.7 Å². The van der Waals surface area contributed by atoms with Crippen LogP contribution in [0, 0.1) is 0 Å². The van der Waals surface area contributed by atoms with Crippen molar-refractivity contribution in [2.45, 2.75) is 38.5 Å². The molecule has 3 aliphatic rings. The van der Waals surface area contributed by atoms with Gasteiger partial charge in [0, 0.05) is 55.5 Å². The summed E-state index contributed by atoms with van der Waals surface area (Å²) in [5.74, 6) is 0.0118. The SMILES string of the molecule is Nc1ccc2c(c1)OCCN(Cc1ccc3c(c1)C(=O)N(C1CCC(=O)NC1=O)C3)C2. The molecular formula is C23H24N4O4. The molecule has 1 saturated heterocycles. The number of amides is 3. The number of fused-ring (bicyclic) bond motifs is 2. The van der Waals surface area contributed by atoms with Crippen LogP contribution in [0.2, 0.25) is 0 Å². The summed E-state index contributed by atoms with van der Waals surface area (Å²) in [6.45, 7) is 3.16. The third kappa shape index (κ3) is 3.74. The smallest absolute Gasteiger partial charge is 0.255 e. The Bertz CT molecular complexity index is 1080. The van der Waals surface area contributed by atoms with Gasteiger partial charge < -0.3 is 15.4 Å². The Balaban J connectivity index is 1.31. The molecule has 3 heterocycles. The van der Waals surface area contributed by atoms with Crippen LogP contribution < -0.4 is 15.8 Å². The number of piperidine rings is 1. The van der Waals surface area contributed by atoms with Crippen LogP contribution in [0.15, 0.2) is 36.4 Å². The second-order valence-corrected chi connectivity index (χ2v) is 8.32. The highest BCUT2D eigenvalue weighted by atomic mass is 16.5. The van der Waals surface area contributed by atoms with E-state index in [4.69, 9.17) is 10.5 Å². The number of nitrogens with one attached hydrogen (secondary N) is 1. The van der Waals surface area contributed by atoms with E-state index >= 15 is 0 Å². The minimum atomic E-state index is -0.590. The number of hydrogen-bond acceptors (Lipinski definition) is 6. The number of imide groups is 1. The van der Waals surface area contributed by atoms with E-state index in [1.54, 1.807) is 4.90 Å². The van der Waals surface area contributed by atoms with E-state index in [0.29, 0.717) is 37.4 Å². The lowest BCUT2D eigenvalue weighted by Crippen LogP contribution is -2.52. The fourth-order valence-electron chi connectivity index (χ4n) is 4.53. The molecule has 1 unspecified atom stereocenters. The molecule has 0 aliphatic carbocycles. The maximum atomic E-state index is 13.0. The molecular weight excluding hydrogens is 396 g/mol. The minimum Gasteiger partial charge on any atom is -0.492 e. The lowest BCUT2D eigenvalue weighted by Gasteiger charge is -2.29. The zero-order valence-electron chi connectivity index (χ0n) is 17.1. The van der Waals surface area contributed by atoms with E-state index in [2.05, 4.69) is 10.2 Å². The number of rotatable bonds is 3. The Morgan fingerprint density at radius 1 is 1.06 bits per heavy atom. The topological polar surface area (TPSA) is 105 Å². The Labute approximate surface area is 179 Å². The number of nitrogens with two attached hydrogens (primary N) is 1. The standard InChI is InChI=1S/C23H24N4O4/c24-17-4-3-16-12-26(7-8-31-20(16)10-17)11-14-1-2-15-13-27(23(30)18(15)9-14)19-5-6-21(28)25-22(19)29/h1-4,9-10,19H,5-8,11-13,24H2,(H,25,28,29). The second kappa shape index (κ2) is 7.70. The van der Waals surface area contributed by atoms with E-state index < -0.39 is 6.04 Å². The predicted molar refractivity (Wildman–Crippen MR) is 113 cm³/mol. The van der Waals surface area contributed by atoms with Crippen LogP contribution >= 0.6 is 0 Å². The summed E-state index contributed by atoms with van der Waals surface area (Å²) in [4.78, 5) is 40.5. The van der Waals surface area contributed by atoms with Gasteiger partial charge in [-0.2, -0.15) is 0 Å². The molecule has 2 aromatic rings. The summed E-state index contributed by atoms with van der Waals surface area (Å²) >= 11 is 0. The Morgan fingerprint density at radius 2 is 1.90 bits per heavy atom. The zero-order valence-corrected chi connectivity index (χ0v) is 17.1. The number of ether oxygens (including phenoxy) is 1. The molecule has 1 fully saturated rings. The molecule has 0 spiro atoms. The first-order valence-electron chi connectivity index (χ1n) is 10.5. The average Bonchev–Trinajstić information content (AvgIpc) is 2.92. The van der Waals surface area contributed by atoms with Crippen LogP contribution in [-0.2, 0) is 29.2 Å². The quantitative estimate of drug-likeness (QED) is 0.575. The van der Waals surface area contributed by atoms with Crippen molar-refractivity contribution in [3.8, 4) is 5.75 Å². The molecule has 160 valence electrons. The van der Waals surface area contributed by atoms with E-state index in [1.807, 2.05) is 36.4 Å². The lowest BCUT2D eigenvalue weighted by molar-refractivity contribution is -0.136. The Kier molecular flexibility index (Phi) is 4.86. The number of carbonyl (C=O) groups excluding carboxylic acids is 3. The number of hydrogen-bond donors (Lipinski definition) is 2. The van der Waals surface area contributed by atoms with Crippen LogP contribution in [0.4, 0.5) is 5.69 Å². The highest BCUT2D eigenvalue weighted by molar-refractivity contribution is 6.05. The van der Waals surface area contributed by atoms with Gasteiger partial charge in [-0.3, -0.25) is 24.6 Å². The van der Waals surface area contributed by atoms with Crippen molar-refractivity contribution in [2.24, 2.45) is 0 Å².